The van der Waals surface area contributed by atoms with E-state index in [-0.39, 0.29) is 30.6 Å². The van der Waals surface area contributed by atoms with Crippen molar-refractivity contribution < 1.29 is 33.3 Å². The van der Waals surface area contributed by atoms with Gasteiger partial charge in [-0.1, -0.05) is 35.3 Å². The molecule has 0 aliphatic carbocycles. The number of nitrogens with one attached hydrogen (secondary N) is 1. The maximum Gasteiger partial charge on any atom is 0.411 e. The molecule has 42 heavy (non-hydrogen) atoms. The summed E-state index contributed by atoms with van der Waals surface area (Å²) in [6, 6.07) is 11.4. The van der Waals surface area contributed by atoms with Crippen LogP contribution in [0.3, 0.4) is 0 Å². The Hall–Kier alpha value is -4.02. The summed E-state index contributed by atoms with van der Waals surface area (Å²) in [4.78, 5) is 44.0. The van der Waals surface area contributed by atoms with Crippen molar-refractivity contribution in [1.82, 2.24) is 9.88 Å². The molecule has 0 bridgehead atoms. The summed E-state index contributed by atoms with van der Waals surface area (Å²) >= 11 is 11.9. The number of ether oxygens (including phenoxy) is 4. The van der Waals surface area contributed by atoms with Crippen molar-refractivity contribution in [3.05, 3.63) is 81.1 Å². The Balaban J connectivity index is 1.32. The van der Waals surface area contributed by atoms with Crippen LogP contribution in [0.1, 0.15) is 49.1 Å². The molecule has 3 heterocycles. The molecular formula is C30H29Cl2N3O7. The molecule has 1 aromatic heterocycles. The van der Waals surface area contributed by atoms with Crippen LogP contribution in [-0.4, -0.2) is 46.6 Å². The molecule has 0 saturated carbocycles. The van der Waals surface area contributed by atoms with Crippen LogP contribution in [0.5, 0.6) is 11.5 Å². The summed E-state index contributed by atoms with van der Waals surface area (Å²) in [6.45, 7) is 5.62. The number of carbonyl (C=O) groups excluding carboxylic acids is 3. The predicted octanol–water partition coefficient (Wildman–Crippen LogP) is 5.87. The van der Waals surface area contributed by atoms with Crippen LogP contribution < -0.4 is 14.8 Å². The molecule has 10 nitrogen and oxygen atoms in total. The molecule has 220 valence electrons. The van der Waals surface area contributed by atoms with Crippen molar-refractivity contribution >= 4 is 46.9 Å². The topological polar surface area (TPSA) is 116 Å². The zero-order valence-electron chi connectivity index (χ0n) is 23.4. The van der Waals surface area contributed by atoms with Crippen molar-refractivity contribution in [3.63, 3.8) is 0 Å². The van der Waals surface area contributed by atoms with Crippen LogP contribution in [-0.2, 0) is 38.6 Å². The van der Waals surface area contributed by atoms with E-state index < -0.39 is 29.8 Å². The molecule has 2 aliphatic heterocycles. The highest BCUT2D eigenvalue weighted by Gasteiger charge is 2.39. The number of hydrogen-bond donors (Lipinski definition) is 1. The van der Waals surface area contributed by atoms with E-state index in [1.807, 2.05) is 0 Å². The second kappa shape index (κ2) is 11.7. The third-order valence-electron chi connectivity index (χ3n) is 6.72. The van der Waals surface area contributed by atoms with E-state index in [0.29, 0.717) is 27.8 Å². The first-order valence-corrected chi connectivity index (χ1v) is 13.9. The average molecular weight is 614 g/mol. The Kier molecular flexibility index (Phi) is 8.21. The fourth-order valence-electron chi connectivity index (χ4n) is 4.71. The van der Waals surface area contributed by atoms with E-state index in [9.17, 15) is 14.4 Å². The van der Waals surface area contributed by atoms with Crippen LogP contribution in [0.15, 0.2) is 48.7 Å². The van der Waals surface area contributed by atoms with E-state index in [0.717, 1.165) is 16.7 Å². The highest BCUT2D eigenvalue weighted by molar-refractivity contribution is 6.41. The number of halogens is 2. The Morgan fingerprint density at radius 1 is 1.12 bits per heavy atom. The summed E-state index contributed by atoms with van der Waals surface area (Å²) in [7, 11) is 1.28. The first-order chi connectivity index (χ1) is 19.9. The van der Waals surface area contributed by atoms with Gasteiger partial charge in [-0.3, -0.25) is 9.69 Å². The Morgan fingerprint density at radius 3 is 2.52 bits per heavy atom. The number of hydrogen-bond acceptors (Lipinski definition) is 8. The average Bonchev–Trinajstić information content (AvgIpc) is 2.94. The lowest BCUT2D eigenvalue weighted by Gasteiger charge is -2.37. The van der Waals surface area contributed by atoms with E-state index in [1.165, 1.54) is 12.0 Å². The second-order valence-electron chi connectivity index (χ2n) is 10.9. The van der Waals surface area contributed by atoms with Gasteiger partial charge in [0.1, 0.15) is 34.9 Å². The largest absolute Gasteiger partial charge is 0.489 e. The van der Waals surface area contributed by atoms with E-state index in [2.05, 4.69) is 10.3 Å². The van der Waals surface area contributed by atoms with Gasteiger partial charge >= 0.3 is 12.1 Å². The fraction of sp³-hybridized carbons (Fsp3) is 0.333. The Morgan fingerprint density at radius 2 is 1.86 bits per heavy atom. The summed E-state index contributed by atoms with van der Waals surface area (Å²) < 4.78 is 22.5. The number of methoxy groups -OCH3 is 1. The summed E-state index contributed by atoms with van der Waals surface area (Å²) in [5.41, 5.74) is 2.70. The SMILES string of the molecule is COC(=O)[C@@H]1Cc2cc3c(cc2CN1C(=O)OC(C)(C)C)OC(c1ccc(OCc2cnc(Cl)c(Cl)c2)cc1)C(=O)N3. The maximum atomic E-state index is 13.0. The zero-order valence-corrected chi connectivity index (χ0v) is 24.9. The molecule has 1 N–H and O–H groups in total. The minimum Gasteiger partial charge on any atom is -0.489 e. The van der Waals surface area contributed by atoms with Crippen LogP contribution in [0.2, 0.25) is 10.2 Å². The van der Waals surface area contributed by atoms with E-state index in [1.54, 1.807) is 69.4 Å². The smallest absolute Gasteiger partial charge is 0.411 e. The van der Waals surface area contributed by atoms with Crippen LogP contribution in [0, 0.1) is 0 Å². The number of nitrogens with zero attached hydrogens (tertiary/aromatic N) is 2. The molecule has 3 aromatic rings. The van der Waals surface area contributed by atoms with Crippen molar-refractivity contribution in [2.75, 3.05) is 12.4 Å². The third kappa shape index (κ3) is 6.39. The minimum atomic E-state index is -0.905. The molecule has 0 fully saturated rings. The van der Waals surface area contributed by atoms with Gasteiger partial charge in [-0.25, -0.2) is 14.6 Å². The molecule has 2 atom stereocenters. The Labute approximate surface area is 252 Å². The first kappa shape index (κ1) is 29.5. The number of pyridine rings is 1. The van der Waals surface area contributed by atoms with Crippen molar-refractivity contribution in [2.24, 2.45) is 0 Å². The normalized spacial score (nSPS) is 17.8. The standard InChI is InChI=1S/C30H29Cl2N3O7/c1-30(2,3)42-29(38)35-14-19-12-24-22(10-18(19)11-23(35)28(37)39-4)34-27(36)25(41-24)17-5-7-20(8-6-17)40-15-16-9-21(31)26(32)33-13-16/h5-10,12-13,23,25H,11,14-15H2,1-4H3,(H,34,36)/t23-,25?/m0/s1. The molecule has 1 unspecified atom stereocenters. The lowest BCUT2D eigenvalue weighted by atomic mass is 9.92. The van der Waals surface area contributed by atoms with Gasteiger partial charge in [0.25, 0.3) is 5.91 Å². The van der Waals surface area contributed by atoms with Gasteiger partial charge in [-0.05, 0) is 62.2 Å². The second-order valence-corrected chi connectivity index (χ2v) is 11.7. The lowest BCUT2D eigenvalue weighted by Crippen LogP contribution is -2.50. The zero-order chi connectivity index (χ0) is 30.2. The molecule has 12 heteroatoms. The molecule has 2 amide bonds. The van der Waals surface area contributed by atoms with E-state index >= 15 is 0 Å². The molecule has 0 saturated heterocycles. The van der Waals surface area contributed by atoms with Crippen LogP contribution in [0.4, 0.5) is 10.5 Å². The van der Waals surface area contributed by atoms with Gasteiger partial charge in [0.2, 0.25) is 6.10 Å². The highest BCUT2D eigenvalue weighted by Crippen LogP contribution is 2.40. The molecular weight excluding hydrogens is 585 g/mol. The van der Waals surface area contributed by atoms with Crippen LogP contribution in [0.25, 0.3) is 0 Å². The van der Waals surface area contributed by atoms with Crippen molar-refractivity contribution in [3.8, 4) is 11.5 Å². The number of aromatic nitrogens is 1. The van der Waals surface area contributed by atoms with Gasteiger partial charge in [0.15, 0.2) is 0 Å². The minimum absolute atomic E-state index is 0.111. The molecule has 0 spiro atoms. The van der Waals surface area contributed by atoms with Gasteiger partial charge in [-0.15, -0.1) is 0 Å². The van der Waals surface area contributed by atoms with Crippen LogP contribution >= 0.6 is 23.2 Å². The number of fused-ring (bicyclic) bond motifs is 2. The number of anilines is 1. The molecule has 2 aromatic carbocycles. The van der Waals surface area contributed by atoms with Gasteiger partial charge in [-0.2, -0.15) is 0 Å². The number of esters is 1. The molecule has 0 radical (unpaired) electrons. The number of amides is 2. The van der Waals surface area contributed by atoms with E-state index in [4.69, 9.17) is 42.1 Å². The van der Waals surface area contributed by atoms with Gasteiger partial charge in [0.05, 0.1) is 24.4 Å². The Bertz CT molecular complexity index is 1540. The summed E-state index contributed by atoms with van der Waals surface area (Å²) in [5, 5.41) is 3.47. The number of benzene rings is 2. The monoisotopic (exact) mass is 613 g/mol. The molecule has 2 aliphatic rings. The van der Waals surface area contributed by atoms with Crippen molar-refractivity contribution in [2.45, 2.75) is 58.1 Å². The predicted molar refractivity (Wildman–Crippen MR) is 155 cm³/mol. The van der Waals surface area contributed by atoms with Gasteiger partial charge in [0, 0.05) is 23.7 Å². The summed E-state index contributed by atoms with van der Waals surface area (Å²) in [5.74, 6) is 0.142. The number of carbonyl (C=O) groups is 3. The summed E-state index contributed by atoms with van der Waals surface area (Å²) in [6.07, 6.45) is 0.262. The first-order valence-electron chi connectivity index (χ1n) is 13.2. The fourth-order valence-corrected chi connectivity index (χ4v) is 5.01. The highest BCUT2D eigenvalue weighted by atomic mass is 35.5. The third-order valence-corrected chi connectivity index (χ3v) is 7.40. The molecule has 5 rings (SSSR count). The maximum absolute atomic E-state index is 13.0. The quantitative estimate of drug-likeness (QED) is 0.280. The van der Waals surface area contributed by atoms with Gasteiger partial charge < -0.3 is 24.3 Å². The van der Waals surface area contributed by atoms with Crippen molar-refractivity contribution in [1.29, 1.82) is 0 Å². The lowest BCUT2D eigenvalue weighted by molar-refractivity contribution is -0.147. The number of rotatable bonds is 5.